The lowest BCUT2D eigenvalue weighted by Gasteiger charge is -2.04. The van der Waals surface area contributed by atoms with Crippen LogP contribution < -0.4 is 10.1 Å². The Morgan fingerprint density at radius 3 is 2.71 bits per heavy atom. The minimum Gasteiger partial charge on any atom is -0.497 e. The van der Waals surface area contributed by atoms with E-state index in [1.807, 2.05) is 43.3 Å². The molecule has 146 valence electrons. The molecular weight excluding hydrogens is 374 g/mol. The van der Waals surface area contributed by atoms with Gasteiger partial charge in [0.25, 0.3) is 0 Å². The Hall–Kier alpha value is -2.87. The average Bonchev–Trinajstić information content (AvgIpc) is 3.13. The average molecular weight is 398 g/mol. The number of nitrogens with one attached hydrogen (secondary N) is 1. The highest BCUT2D eigenvalue weighted by atomic mass is 32.1. The van der Waals surface area contributed by atoms with Gasteiger partial charge in [0, 0.05) is 6.42 Å². The van der Waals surface area contributed by atoms with E-state index in [1.54, 1.807) is 7.11 Å². The van der Waals surface area contributed by atoms with Gasteiger partial charge in [-0.05, 0) is 56.0 Å². The van der Waals surface area contributed by atoms with Crippen molar-refractivity contribution in [3.8, 4) is 5.75 Å². The molecule has 8 heteroatoms. The predicted octanol–water partition coefficient (Wildman–Crippen LogP) is 3.39. The summed E-state index contributed by atoms with van der Waals surface area (Å²) < 4.78 is 5.18. The number of hydrogen-bond donors (Lipinski definition) is 1. The Morgan fingerprint density at radius 2 is 1.93 bits per heavy atom. The summed E-state index contributed by atoms with van der Waals surface area (Å²) in [7, 11) is 1.61. The summed E-state index contributed by atoms with van der Waals surface area (Å²) in [5.74, 6) is 0.619. The van der Waals surface area contributed by atoms with Crippen LogP contribution in [0.5, 0.6) is 5.75 Å². The number of methoxy groups -OCH3 is 1. The number of ether oxygens (including phenoxy) is 1. The molecule has 0 aliphatic heterocycles. The quantitative estimate of drug-likeness (QED) is 0.557. The van der Waals surface area contributed by atoms with Gasteiger partial charge in [-0.25, -0.2) is 0 Å². The molecule has 1 amide bonds. The van der Waals surface area contributed by atoms with Gasteiger partial charge in [0.2, 0.25) is 11.0 Å². The summed E-state index contributed by atoms with van der Waals surface area (Å²) in [6.07, 6.45) is 4.00. The number of benzene rings is 1. The molecule has 28 heavy (non-hydrogen) atoms. The normalized spacial score (nSPS) is 10.6. The largest absolute Gasteiger partial charge is 0.497 e. The van der Waals surface area contributed by atoms with E-state index < -0.39 is 0 Å². The second kappa shape index (κ2) is 9.89. The van der Waals surface area contributed by atoms with E-state index in [0.29, 0.717) is 5.13 Å². The summed E-state index contributed by atoms with van der Waals surface area (Å²) in [6, 6.07) is 11.5. The molecule has 2 aromatic heterocycles. The molecule has 0 spiro atoms. The van der Waals surface area contributed by atoms with Gasteiger partial charge < -0.3 is 10.1 Å². The maximum Gasteiger partial charge on any atom is 0.230 e. The van der Waals surface area contributed by atoms with Crippen molar-refractivity contribution in [3.05, 3.63) is 58.4 Å². The molecule has 0 radical (unpaired) electrons. The molecule has 0 atom stereocenters. The number of unbranched alkanes of at least 4 members (excludes halogenated alkanes) is 1. The minimum atomic E-state index is -0.117. The third-order valence-corrected chi connectivity index (χ3v) is 5.04. The lowest BCUT2D eigenvalue weighted by molar-refractivity contribution is -0.115. The van der Waals surface area contributed by atoms with Crippen LogP contribution in [-0.4, -0.2) is 33.4 Å². The standard InChI is InChI=1S/C20H23N5O2S/c1-14-10-11-16(23-22-14)7-3-4-9-19-24-25-20(28-19)21-18(26)13-15-6-5-8-17(12-15)27-2/h5-6,8,10-12H,3-4,7,9,13H2,1-2H3,(H,21,25,26). The van der Waals surface area contributed by atoms with E-state index in [2.05, 4.69) is 25.7 Å². The number of aromatic nitrogens is 4. The molecule has 7 nitrogen and oxygen atoms in total. The zero-order chi connectivity index (χ0) is 19.8. The molecule has 3 rings (SSSR count). The summed E-state index contributed by atoms with van der Waals surface area (Å²) in [4.78, 5) is 12.2. The highest BCUT2D eigenvalue weighted by Crippen LogP contribution is 2.19. The van der Waals surface area contributed by atoms with Crippen molar-refractivity contribution in [2.75, 3.05) is 12.4 Å². The van der Waals surface area contributed by atoms with Crippen molar-refractivity contribution in [1.82, 2.24) is 20.4 Å². The van der Waals surface area contributed by atoms with Gasteiger partial charge in [0.15, 0.2) is 0 Å². The molecule has 0 aliphatic carbocycles. The molecule has 0 saturated heterocycles. The fourth-order valence-electron chi connectivity index (χ4n) is 2.68. The molecule has 0 bridgehead atoms. The number of nitrogens with zero attached hydrogens (tertiary/aromatic N) is 4. The van der Waals surface area contributed by atoms with Crippen molar-refractivity contribution < 1.29 is 9.53 Å². The van der Waals surface area contributed by atoms with Crippen molar-refractivity contribution in [2.24, 2.45) is 0 Å². The fourth-order valence-corrected chi connectivity index (χ4v) is 3.48. The molecule has 1 N–H and O–H groups in total. The van der Waals surface area contributed by atoms with Crippen molar-refractivity contribution in [1.29, 1.82) is 0 Å². The van der Waals surface area contributed by atoms with E-state index in [1.165, 1.54) is 11.3 Å². The Kier molecular flexibility index (Phi) is 7.02. The Labute approximate surface area is 168 Å². The van der Waals surface area contributed by atoms with Gasteiger partial charge in [-0.1, -0.05) is 23.5 Å². The van der Waals surface area contributed by atoms with Gasteiger partial charge in [-0.3, -0.25) is 4.79 Å². The molecule has 2 heterocycles. The van der Waals surface area contributed by atoms with Crippen LogP contribution in [0.25, 0.3) is 0 Å². The summed E-state index contributed by atoms with van der Waals surface area (Å²) >= 11 is 1.42. The number of carbonyl (C=O) groups excluding carboxylic acids is 1. The first kappa shape index (κ1) is 19.9. The molecule has 0 saturated carbocycles. The van der Waals surface area contributed by atoms with Crippen LogP contribution in [0.1, 0.15) is 34.8 Å². The summed E-state index contributed by atoms with van der Waals surface area (Å²) in [6.45, 7) is 1.93. The van der Waals surface area contributed by atoms with E-state index in [9.17, 15) is 4.79 Å². The number of anilines is 1. The van der Waals surface area contributed by atoms with Crippen LogP contribution in [0.15, 0.2) is 36.4 Å². The maximum absolute atomic E-state index is 12.2. The molecule has 1 aromatic carbocycles. The van der Waals surface area contributed by atoms with E-state index in [4.69, 9.17) is 4.74 Å². The van der Waals surface area contributed by atoms with Crippen molar-refractivity contribution >= 4 is 22.4 Å². The first-order valence-corrected chi connectivity index (χ1v) is 9.98. The third kappa shape index (κ3) is 6.09. The van der Waals surface area contributed by atoms with Gasteiger partial charge in [-0.15, -0.1) is 10.2 Å². The summed E-state index contributed by atoms with van der Waals surface area (Å²) in [5, 5.41) is 20.8. The summed E-state index contributed by atoms with van der Waals surface area (Å²) in [5.41, 5.74) is 2.83. The monoisotopic (exact) mass is 397 g/mol. The first-order chi connectivity index (χ1) is 13.6. The molecule has 0 fully saturated rings. The zero-order valence-corrected chi connectivity index (χ0v) is 16.8. The topological polar surface area (TPSA) is 89.9 Å². The first-order valence-electron chi connectivity index (χ1n) is 9.17. The van der Waals surface area contributed by atoms with Crippen LogP contribution in [0.3, 0.4) is 0 Å². The van der Waals surface area contributed by atoms with Gasteiger partial charge >= 0.3 is 0 Å². The van der Waals surface area contributed by atoms with Crippen LogP contribution >= 0.6 is 11.3 Å². The zero-order valence-electron chi connectivity index (χ0n) is 16.0. The second-order valence-corrected chi connectivity index (χ2v) is 7.51. The van der Waals surface area contributed by atoms with Crippen LogP contribution in [0, 0.1) is 6.92 Å². The Morgan fingerprint density at radius 1 is 1.07 bits per heavy atom. The Balaban J connectivity index is 1.41. The number of rotatable bonds is 9. The van der Waals surface area contributed by atoms with Crippen LogP contribution in [0.4, 0.5) is 5.13 Å². The lowest BCUT2D eigenvalue weighted by atomic mass is 10.1. The number of aryl methyl sites for hydroxylation is 3. The minimum absolute atomic E-state index is 0.117. The highest BCUT2D eigenvalue weighted by Gasteiger charge is 2.09. The van der Waals surface area contributed by atoms with E-state index in [0.717, 1.165) is 53.4 Å². The molecule has 0 aliphatic rings. The van der Waals surface area contributed by atoms with Gasteiger partial charge in [0.1, 0.15) is 10.8 Å². The highest BCUT2D eigenvalue weighted by molar-refractivity contribution is 7.15. The van der Waals surface area contributed by atoms with Crippen molar-refractivity contribution in [3.63, 3.8) is 0 Å². The smallest absolute Gasteiger partial charge is 0.230 e. The molecule has 3 aromatic rings. The molecule has 0 unspecified atom stereocenters. The van der Waals surface area contributed by atoms with E-state index in [-0.39, 0.29) is 12.3 Å². The third-order valence-electron chi connectivity index (χ3n) is 4.14. The second-order valence-electron chi connectivity index (χ2n) is 6.45. The Bertz CT molecular complexity index is 911. The SMILES string of the molecule is COc1cccc(CC(=O)Nc2nnc(CCCCc3ccc(C)nn3)s2)c1. The van der Waals surface area contributed by atoms with Gasteiger partial charge in [0.05, 0.1) is 24.9 Å². The van der Waals surface area contributed by atoms with Crippen LogP contribution in [0.2, 0.25) is 0 Å². The number of amides is 1. The molecular formula is C20H23N5O2S. The van der Waals surface area contributed by atoms with Crippen LogP contribution in [-0.2, 0) is 24.1 Å². The van der Waals surface area contributed by atoms with Crippen molar-refractivity contribution in [2.45, 2.75) is 39.0 Å². The lowest BCUT2D eigenvalue weighted by Crippen LogP contribution is -2.14. The maximum atomic E-state index is 12.2. The number of hydrogen-bond acceptors (Lipinski definition) is 7. The van der Waals surface area contributed by atoms with E-state index >= 15 is 0 Å². The predicted molar refractivity (Wildman–Crippen MR) is 109 cm³/mol. The number of carbonyl (C=O) groups is 1. The fraction of sp³-hybridized carbons (Fsp3) is 0.350. The van der Waals surface area contributed by atoms with Gasteiger partial charge in [-0.2, -0.15) is 10.2 Å².